The van der Waals surface area contributed by atoms with Gasteiger partial charge in [-0.15, -0.1) is 0 Å². The molecule has 0 aliphatic rings. The molecule has 3 N–H and O–H groups in total. The maximum absolute atomic E-state index is 15.3. The summed E-state index contributed by atoms with van der Waals surface area (Å²) in [6, 6.07) is 21.8. The summed E-state index contributed by atoms with van der Waals surface area (Å²) in [6.07, 6.45) is -2.61. The van der Waals surface area contributed by atoms with E-state index in [-0.39, 0.29) is 18.7 Å². The number of nitrogens with one attached hydrogen (secondary N) is 2. The quantitative estimate of drug-likeness (QED) is 0.308. The summed E-state index contributed by atoms with van der Waals surface area (Å²) in [4.78, 5) is 12.3. The van der Waals surface area contributed by atoms with E-state index in [0.29, 0.717) is 6.54 Å². The van der Waals surface area contributed by atoms with Crippen LogP contribution in [0.1, 0.15) is 16.7 Å². The van der Waals surface area contributed by atoms with Gasteiger partial charge in [-0.3, -0.25) is 0 Å². The van der Waals surface area contributed by atoms with Crippen molar-refractivity contribution in [3.8, 4) is 0 Å². The van der Waals surface area contributed by atoms with E-state index in [1.54, 1.807) is 30.3 Å². The molecule has 33 heavy (non-hydrogen) atoms. The predicted molar refractivity (Wildman–Crippen MR) is 131 cm³/mol. The molecule has 0 saturated carbocycles. The predicted octanol–water partition coefficient (Wildman–Crippen LogP) is 4.83. The van der Waals surface area contributed by atoms with Gasteiger partial charge in [0, 0.05) is 22.2 Å². The molecule has 8 heteroatoms. The van der Waals surface area contributed by atoms with Gasteiger partial charge < -0.3 is 20.5 Å². The number of carbonyl (C=O) groups is 1. The molecule has 0 radical (unpaired) electrons. The summed E-state index contributed by atoms with van der Waals surface area (Å²) in [5.41, 5.74) is 1.37. The van der Waals surface area contributed by atoms with Crippen molar-refractivity contribution in [1.29, 1.82) is 0 Å². The molecule has 0 aromatic heterocycles. The molecule has 0 aliphatic carbocycles. The Morgan fingerprint density at radius 2 is 1.61 bits per heavy atom. The lowest BCUT2D eigenvalue weighted by atomic mass is 9.96. The fraction of sp³-hybridized carbons (Fsp3) is 0.240. The third-order valence-electron chi connectivity index (χ3n) is 4.99. The van der Waals surface area contributed by atoms with Gasteiger partial charge in [0.1, 0.15) is 12.6 Å². The standard InChI is InChI=1S/C25H25F2IN2O3/c26-25(27,20-11-5-2-6-12-20)23(30-24(32)33-17-18-8-3-1-4-9-18)22(31)16-29-15-19-10-7-13-21(28)14-19/h1-14,22-23,29,31H,15-17H2,(H,30,32)/t22-,23-/m0/s1. The van der Waals surface area contributed by atoms with Crippen molar-refractivity contribution in [3.63, 3.8) is 0 Å². The molecular formula is C25H25F2IN2O3. The lowest BCUT2D eigenvalue weighted by Crippen LogP contribution is -2.55. The summed E-state index contributed by atoms with van der Waals surface area (Å²) < 4.78 is 36.8. The van der Waals surface area contributed by atoms with Crippen LogP contribution in [-0.4, -0.2) is 29.9 Å². The minimum Gasteiger partial charge on any atom is -0.445 e. The van der Waals surface area contributed by atoms with Crippen LogP contribution in [0.5, 0.6) is 0 Å². The van der Waals surface area contributed by atoms with E-state index in [9.17, 15) is 9.90 Å². The van der Waals surface area contributed by atoms with Crippen LogP contribution in [0, 0.1) is 3.57 Å². The van der Waals surface area contributed by atoms with Gasteiger partial charge >= 0.3 is 6.09 Å². The summed E-state index contributed by atoms with van der Waals surface area (Å²) in [5, 5.41) is 15.8. The number of hydrogen-bond acceptors (Lipinski definition) is 4. The monoisotopic (exact) mass is 566 g/mol. The number of amides is 1. The molecule has 5 nitrogen and oxygen atoms in total. The highest BCUT2D eigenvalue weighted by Gasteiger charge is 2.46. The largest absolute Gasteiger partial charge is 0.445 e. The van der Waals surface area contributed by atoms with Crippen LogP contribution >= 0.6 is 22.6 Å². The zero-order valence-corrected chi connectivity index (χ0v) is 19.9. The van der Waals surface area contributed by atoms with Crippen LogP contribution in [0.4, 0.5) is 13.6 Å². The zero-order chi connectivity index (χ0) is 23.7. The van der Waals surface area contributed by atoms with Crippen molar-refractivity contribution < 1.29 is 23.4 Å². The Bertz CT molecular complexity index is 1020. The van der Waals surface area contributed by atoms with E-state index in [1.807, 2.05) is 30.3 Å². The Balaban J connectivity index is 1.68. The molecule has 0 fully saturated rings. The average molecular weight is 566 g/mol. The first-order valence-corrected chi connectivity index (χ1v) is 11.5. The molecule has 0 bridgehead atoms. The maximum atomic E-state index is 15.3. The topological polar surface area (TPSA) is 70.6 Å². The summed E-state index contributed by atoms with van der Waals surface area (Å²) >= 11 is 2.19. The second-order valence-electron chi connectivity index (χ2n) is 7.50. The van der Waals surface area contributed by atoms with E-state index in [4.69, 9.17) is 4.74 Å². The highest BCUT2D eigenvalue weighted by Crippen LogP contribution is 2.33. The number of carbonyl (C=O) groups excluding carboxylic acids is 1. The van der Waals surface area contributed by atoms with Gasteiger partial charge in [0.05, 0.1) is 6.10 Å². The van der Waals surface area contributed by atoms with Crippen LogP contribution < -0.4 is 10.6 Å². The molecule has 0 unspecified atom stereocenters. The van der Waals surface area contributed by atoms with Crippen molar-refractivity contribution in [2.45, 2.75) is 31.2 Å². The van der Waals surface area contributed by atoms with Gasteiger partial charge in [-0.25, -0.2) is 4.79 Å². The Kier molecular flexibility index (Phi) is 9.16. The molecule has 0 aliphatic heterocycles. The van der Waals surface area contributed by atoms with E-state index < -0.39 is 24.2 Å². The highest BCUT2D eigenvalue weighted by atomic mass is 127. The number of alkyl carbamates (subject to hydrolysis) is 1. The number of alkyl halides is 2. The molecule has 0 heterocycles. The maximum Gasteiger partial charge on any atom is 0.407 e. The van der Waals surface area contributed by atoms with Gasteiger partial charge in [-0.2, -0.15) is 8.78 Å². The van der Waals surface area contributed by atoms with Crippen molar-refractivity contribution in [1.82, 2.24) is 10.6 Å². The smallest absolute Gasteiger partial charge is 0.407 e. The minimum absolute atomic E-state index is 0.0721. The molecule has 3 aromatic rings. The van der Waals surface area contributed by atoms with Crippen molar-refractivity contribution in [2.75, 3.05) is 6.54 Å². The van der Waals surface area contributed by atoms with Crippen LogP contribution in [0.2, 0.25) is 0 Å². The van der Waals surface area contributed by atoms with Gasteiger partial charge in [0.2, 0.25) is 0 Å². The zero-order valence-electron chi connectivity index (χ0n) is 17.8. The molecule has 0 spiro atoms. The fourth-order valence-corrected chi connectivity index (χ4v) is 3.90. The second kappa shape index (κ2) is 12.1. The molecule has 174 valence electrons. The number of aliphatic hydroxyl groups is 1. The normalized spacial score (nSPS) is 13.2. The number of rotatable bonds is 10. The number of benzene rings is 3. The van der Waals surface area contributed by atoms with Crippen molar-refractivity contribution >= 4 is 28.7 Å². The fourth-order valence-electron chi connectivity index (χ4n) is 3.29. The average Bonchev–Trinajstić information content (AvgIpc) is 2.82. The van der Waals surface area contributed by atoms with Crippen LogP contribution in [0.25, 0.3) is 0 Å². The molecule has 3 rings (SSSR count). The van der Waals surface area contributed by atoms with E-state index in [2.05, 4.69) is 33.2 Å². The van der Waals surface area contributed by atoms with Crippen molar-refractivity contribution in [3.05, 3.63) is 105 Å². The molecule has 3 aromatic carbocycles. The summed E-state index contributed by atoms with van der Waals surface area (Å²) in [7, 11) is 0. The van der Waals surface area contributed by atoms with Crippen LogP contribution in [-0.2, 0) is 23.8 Å². The lowest BCUT2D eigenvalue weighted by molar-refractivity contribution is -0.0825. The molecule has 2 atom stereocenters. The number of hydrogen-bond donors (Lipinski definition) is 3. The van der Waals surface area contributed by atoms with Gasteiger partial charge in [0.25, 0.3) is 5.92 Å². The SMILES string of the molecule is O=C(N[C@@H]([C@@H](O)CNCc1cccc(I)c1)C(F)(F)c1ccccc1)OCc1ccccc1. The first-order valence-electron chi connectivity index (χ1n) is 10.4. The Labute approximate surface area is 205 Å². The van der Waals surface area contributed by atoms with Crippen LogP contribution in [0.15, 0.2) is 84.9 Å². The molecule has 1 amide bonds. The first kappa shape index (κ1) is 25.1. The summed E-state index contributed by atoms with van der Waals surface area (Å²) in [6.45, 7) is 0.158. The molecule has 0 saturated heterocycles. The Hall–Kier alpha value is -2.56. The third-order valence-corrected chi connectivity index (χ3v) is 5.66. The van der Waals surface area contributed by atoms with E-state index in [0.717, 1.165) is 14.7 Å². The first-order chi connectivity index (χ1) is 15.9. The number of aliphatic hydroxyl groups excluding tert-OH is 1. The van der Waals surface area contributed by atoms with Crippen LogP contribution in [0.3, 0.4) is 0 Å². The highest BCUT2D eigenvalue weighted by molar-refractivity contribution is 14.1. The Morgan fingerprint density at radius 3 is 2.27 bits per heavy atom. The minimum atomic E-state index is -3.53. The number of ether oxygens (including phenoxy) is 1. The van der Waals surface area contributed by atoms with Gasteiger partial charge in [-0.05, 0) is 45.9 Å². The van der Waals surface area contributed by atoms with E-state index >= 15 is 8.78 Å². The van der Waals surface area contributed by atoms with Crippen molar-refractivity contribution in [2.24, 2.45) is 0 Å². The second-order valence-corrected chi connectivity index (χ2v) is 8.75. The lowest BCUT2D eigenvalue weighted by Gasteiger charge is -2.31. The number of halogens is 3. The van der Waals surface area contributed by atoms with Gasteiger partial charge in [0.15, 0.2) is 0 Å². The van der Waals surface area contributed by atoms with E-state index in [1.165, 1.54) is 24.3 Å². The molecular weight excluding hydrogens is 541 g/mol. The Morgan fingerprint density at radius 1 is 0.970 bits per heavy atom. The van der Waals surface area contributed by atoms with Gasteiger partial charge in [-0.1, -0.05) is 72.8 Å². The third kappa shape index (κ3) is 7.48. The summed E-state index contributed by atoms with van der Waals surface area (Å²) in [5.74, 6) is -3.53.